The Balaban J connectivity index is 2.05. The highest BCUT2D eigenvalue weighted by molar-refractivity contribution is 5.91. The van der Waals surface area contributed by atoms with Gasteiger partial charge < -0.3 is 15.1 Å². The molecule has 2 rings (SSSR count). The van der Waals surface area contributed by atoms with Crippen LogP contribution in [0.15, 0.2) is 59.2 Å². The summed E-state index contributed by atoms with van der Waals surface area (Å²) in [6, 6.07) is 13.1. The third kappa shape index (κ3) is 4.94. The standard InChI is InChI=1S/C17H18N2O3/c18-16(20)10-11-19(13-14-5-2-1-3-6-14)17(21)9-8-15-7-4-12-22-15/h1-9,12H,10-11,13H2,(H2,18,20)/b9-8+. The smallest absolute Gasteiger partial charge is 0.247 e. The highest BCUT2D eigenvalue weighted by atomic mass is 16.3. The molecule has 0 radical (unpaired) electrons. The van der Waals surface area contributed by atoms with Crippen LogP contribution in [0.2, 0.25) is 0 Å². The molecule has 2 aromatic rings. The Hall–Kier alpha value is -2.82. The molecule has 2 N–H and O–H groups in total. The van der Waals surface area contributed by atoms with E-state index in [1.807, 2.05) is 30.3 Å². The maximum absolute atomic E-state index is 12.3. The topological polar surface area (TPSA) is 76.5 Å². The molecule has 5 nitrogen and oxygen atoms in total. The average Bonchev–Trinajstić information content (AvgIpc) is 3.03. The van der Waals surface area contributed by atoms with Gasteiger partial charge in [0, 0.05) is 25.6 Å². The molecule has 0 fully saturated rings. The summed E-state index contributed by atoms with van der Waals surface area (Å²) in [7, 11) is 0. The highest BCUT2D eigenvalue weighted by Gasteiger charge is 2.12. The number of hydrogen-bond donors (Lipinski definition) is 1. The van der Waals surface area contributed by atoms with Gasteiger partial charge in [-0.25, -0.2) is 0 Å². The highest BCUT2D eigenvalue weighted by Crippen LogP contribution is 2.08. The summed E-state index contributed by atoms with van der Waals surface area (Å²) < 4.78 is 5.15. The summed E-state index contributed by atoms with van der Waals surface area (Å²) in [4.78, 5) is 24.9. The van der Waals surface area contributed by atoms with E-state index in [1.54, 1.807) is 29.4 Å². The van der Waals surface area contributed by atoms with Crippen LogP contribution in [0.3, 0.4) is 0 Å². The first-order valence-electron chi connectivity index (χ1n) is 6.98. The molecule has 22 heavy (non-hydrogen) atoms. The Morgan fingerprint density at radius 3 is 2.55 bits per heavy atom. The molecule has 0 aliphatic heterocycles. The first kappa shape index (κ1) is 15.6. The molecule has 114 valence electrons. The zero-order valence-corrected chi connectivity index (χ0v) is 12.1. The second-order valence-electron chi connectivity index (χ2n) is 4.81. The van der Waals surface area contributed by atoms with Gasteiger partial charge in [0.25, 0.3) is 0 Å². The number of rotatable bonds is 7. The Labute approximate surface area is 129 Å². The van der Waals surface area contributed by atoms with E-state index >= 15 is 0 Å². The maximum Gasteiger partial charge on any atom is 0.247 e. The number of carbonyl (C=O) groups is 2. The van der Waals surface area contributed by atoms with Gasteiger partial charge in [-0.3, -0.25) is 9.59 Å². The zero-order chi connectivity index (χ0) is 15.8. The minimum absolute atomic E-state index is 0.132. The van der Waals surface area contributed by atoms with Crippen LogP contribution in [0, 0.1) is 0 Å². The third-order valence-electron chi connectivity index (χ3n) is 3.09. The number of furan rings is 1. The fourth-order valence-electron chi connectivity index (χ4n) is 1.96. The number of benzene rings is 1. The lowest BCUT2D eigenvalue weighted by Crippen LogP contribution is -2.32. The van der Waals surface area contributed by atoms with Gasteiger partial charge in [0.1, 0.15) is 5.76 Å². The third-order valence-corrected chi connectivity index (χ3v) is 3.09. The number of nitrogens with two attached hydrogens (primary N) is 1. The number of primary amides is 1. The minimum atomic E-state index is -0.430. The lowest BCUT2D eigenvalue weighted by atomic mass is 10.2. The van der Waals surface area contributed by atoms with Gasteiger partial charge in [0.05, 0.1) is 6.26 Å². The fraction of sp³-hybridized carbons (Fsp3) is 0.176. The second kappa shape index (κ2) is 7.83. The van der Waals surface area contributed by atoms with Crippen LogP contribution in [-0.4, -0.2) is 23.3 Å². The molecule has 1 heterocycles. The quantitative estimate of drug-likeness (QED) is 0.796. The number of carbonyl (C=O) groups excluding carboxylic acids is 2. The van der Waals surface area contributed by atoms with E-state index in [-0.39, 0.29) is 18.9 Å². The average molecular weight is 298 g/mol. The van der Waals surface area contributed by atoms with Crippen LogP contribution in [-0.2, 0) is 16.1 Å². The maximum atomic E-state index is 12.3. The molecule has 0 saturated carbocycles. The van der Waals surface area contributed by atoms with Crippen molar-refractivity contribution in [1.29, 1.82) is 0 Å². The molecule has 0 aliphatic rings. The van der Waals surface area contributed by atoms with Crippen molar-refractivity contribution < 1.29 is 14.0 Å². The Morgan fingerprint density at radius 2 is 1.91 bits per heavy atom. The molecule has 0 bridgehead atoms. The zero-order valence-electron chi connectivity index (χ0n) is 12.1. The van der Waals surface area contributed by atoms with Crippen LogP contribution < -0.4 is 5.73 Å². The van der Waals surface area contributed by atoms with Crippen molar-refractivity contribution in [2.75, 3.05) is 6.54 Å². The summed E-state index contributed by atoms with van der Waals surface area (Å²) in [6.45, 7) is 0.709. The Kier molecular flexibility index (Phi) is 5.54. The van der Waals surface area contributed by atoms with Crippen LogP contribution in [0.1, 0.15) is 17.7 Å². The lowest BCUT2D eigenvalue weighted by Gasteiger charge is -2.20. The Morgan fingerprint density at radius 1 is 1.14 bits per heavy atom. The van der Waals surface area contributed by atoms with E-state index < -0.39 is 5.91 Å². The van der Waals surface area contributed by atoms with E-state index in [4.69, 9.17) is 10.2 Å². The van der Waals surface area contributed by atoms with E-state index in [2.05, 4.69) is 0 Å². The van der Waals surface area contributed by atoms with Gasteiger partial charge in [0.2, 0.25) is 11.8 Å². The van der Waals surface area contributed by atoms with Crippen molar-refractivity contribution in [3.8, 4) is 0 Å². The number of amides is 2. The van der Waals surface area contributed by atoms with Crippen LogP contribution in [0.4, 0.5) is 0 Å². The predicted octanol–water partition coefficient (Wildman–Crippen LogP) is 2.20. The summed E-state index contributed by atoms with van der Waals surface area (Å²) in [5, 5.41) is 0. The molecule has 0 atom stereocenters. The van der Waals surface area contributed by atoms with Gasteiger partial charge in [0.15, 0.2) is 0 Å². The molecule has 2 amide bonds. The molecule has 1 aromatic carbocycles. The molecule has 5 heteroatoms. The molecule has 0 aliphatic carbocycles. The number of nitrogens with zero attached hydrogens (tertiary/aromatic N) is 1. The van der Waals surface area contributed by atoms with Crippen molar-refractivity contribution >= 4 is 17.9 Å². The minimum Gasteiger partial charge on any atom is -0.465 e. The van der Waals surface area contributed by atoms with Crippen molar-refractivity contribution in [3.05, 3.63) is 66.1 Å². The largest absolute Gasteiger partial charge is 0.465 e. The monoisotopic (exact) mass is 298 g/mol. The van der Waals surface area contributed by atoms with Crippen molar-refractivity contribution in [2.45, 2.75) is 13.0 Å². The number of hydrogen-bond acceptors (Lipinski definition) is 3. The molecule has 0 saturated heterocycles. The van der Waals surface area contributed by atoms with Gasteiger partial charge >= 0.3 is 0 Å². The van der Waals surface area contributed by atoms with E-state index in [9.17, 15) is 9.59 Å². The second-order valence-corrected chi connectivity index (χ2v) is 4.81. The first-order chi connectivity index (χ1) is 10.6. The molecular weight excluding hydrogens is 280 g/mol. The Bertz CT molecular complexity index is 633. The SMILES string of the molecule is NC(=O)CCN(Cc1ccccc1)C(=O)/C=C/c1ccco1. The summed E-state index contributed by atoms with van der Waals surface area (Å²) in [5.74, 6) is -0.0229. The molecular formula is C17H18N2O3. The van der Waals surface area contributed by atoms with E-state index in [1.165, 1.54) is 6.08 Å². The van der Waals surface area contributed by atoms with E-state index in [0.717, 1.165) is 5.56 Å². The van der Waals surface area contributed by atoms with Crippen LogP contribution in [0.25, 0.3) is 6.08 Å². The van der Waals surface area contributed by atoms with Gasteiger partial charge in [-0.2, -0.15) is 0 Å². The van der Waals surface area contributed by atoms with Crippen molar-refractivity contribution in [2.24, 2.45) is 5.73 Å². The fourth-order valence-corrected chi connectivity index (χ4v) is 1.96. The lowest BCUT2D eigenvalue weighted by molar-refractivity contribution is -0.127. The molecule has 0 unspecified atom stereocenters. The summed E-state index contributed by atoms with van der Waals surface area (Å²) in [6.07, 6.45) is 4.71. The first-order valence-corrected chi connectivity index (χ1v) is 6.98. The molecule has 1 aromatic heterocycles. The van der Waals surface area contributed by atoms with Crippen molar-refractivity contribution in [1.82, 2.24) is 4.90 Å². The van der Waals surface area contributed by atoms with Crippen molar-refractivity contribution in [3.63, 3.8) is 0 Å². The van der Waals surface area contributed by atoms with Gasteiger partial charge in [-0.05, 0) is 23.8 Å². The van der Waals surface area contributed by atoms with Gasteiger partial charge in [-0.15, -0.1) is 0 Å². The summed E-state index contributed by atoms with van der Waals surface area (Å²) >= 11 is 0. The normalized spacial score (nSPS) is 10.7. The van der Waals surface area contributed by atoms with Crippen LogP contribution in [0.5, 0.6) is 0 Å². The summed E-state index contributed by atoms with van der Waals surface area (Å²) in [5.41, 5.74) is 6.17. The molecule has 0 spiro atoms. The van der Waals surface area contributed by atoms with Gasteiger partial charge in [-0.1, -0.05) is 30.3 Å². The van der Waals surface area contributed by atoms with E-state index in [0.29, 0.717) is 12.3 Å². The predicted molar refractivity (Wildman–Crippen MR) is 83.4 cm³/mol. The van der Waals surface area contributed by atoms with Crippen LogP contribution >= 0.6 is 0 Å².